The molecule has 8 heteroatoms. The van der Waals surface area contributed by atoms with Gasteiger partial charge in [-0.25, -0.2) is 13.1 Å². The molecule has 218 valence electrons. The minimum absolute atomic E-state index is 0.0276. The van der Waals surface area contributed by atoms with Crippen LogP contribution >= 0.6 is 0 Å². The number of benzene rings is 1. The van der Waals surface area contributed by atoms with Crippen LogP contribution in [0.3, 0.4) is 0 Å². The molecule has 0 fully saturated rings. The smallest absolute Gasteiger partial charge is 0.261 e. The Morgan fingerprint density at radius 1 is 0.842 bits per heavy atom. The molecule has 0 aliphatic heterocycles. The largest absolute Gasteiger partial charge is 0.361 e. The highest BCUT2D eigenvalue weighted by Gasteiger charge is 2.35. The number of unbranched alkanes of at least 4 members (excludes halogenated alkanes) is 13. The van der Waals surface area contributed by atoms with Gasteiger partial charge in [0.05, 0.1) is 4.90 Å². The summed E-state index contributed by atoms with van der Waals surface area (Å²) >= 11 is 0. The van der Waals surface area contributed by atoms with Crippen molar-refractivity contribution in [1.29, 1.82) is 0 Å². The highest BCUT2D eigenvalue weighted by molar-refractivity contribution is 7.89. The number of rotatable bonds is 21. The number of ketones is 1. The Hall–Kier alpha value is -1.77. The third-order valence-electron chi connectivity index (χ3n) is 6.68. The van der Waals surface area contributed by atoms with Crippen molar-refractivity contribution in [2.24, 2.45) is 5.41 Å². The number of Topliss-reactive ketones (excluding diaryl/α,β-unsaturated/α-hetero) is 1. The van der Waals surface area contributed by atoms with Crippen LogP contribution in [0, 0.1) is 5.41 Å². The van der Waals surface area contributed by atoms with E-state index in [1.807, 2.05) is 0 Å². The van der Waals surface area contributed by atoms with Gasteiger partial charge in [0.25, 0.3) is 5.91 Å². The molecule has 1 aromatic rings. The Labute approximate surface area is 231 Å². The standard InChI is InChI=1S/C30H52N2O5S/c1-6-7-8-9-10-11-12-13-14-15-16-17-18-19-23-37-27(28(33)30(2,3)4)29(34)32-25-21-20-22-26(24-25)38(35,36)31-5/h20-22,24,27,31H,6-19,23H2,1-5H3,(H,32,34). The Morgan fingerprint density at radius 3 is 1.82 bits per heavy atom. The number of anilines is 1. The van der Waals surface area contributed by atoms with Gasteiger partial charge in [0.2, 0.25) is 10.0 Å². The summed E-state index contributed by atoms with van der Waals surface area (Å²) in [6.07, 6.45) is 16.3. The van der Waals surface area contributed by atoms with Gasteiger partial charge in [0.1, 0.15) is 0 Å². The van der Waals surface area contributed by atoms with Gasteiger partial charge in [-0.3, -0.25) is 9.59 Å². The lowest BCUT2D eigenvalue weighted by Crippen LogP contribution is -2.43. The molecule has 0 bridgehead atoms. The van der Waals surface area contributed by atoms with Crippen molar-refractivity contribution in [2.45, 2.75) is 129 Å². The number of hydrogen-bond acceptors (Lipinski definition) is 5. The van der Waals surface area contributed by atoms with E-state index < -0.39 is 27.4 Å². The SMILES string of the molecule is CCCCCCCCCCCCCCCCOC(C(=O)Nc1cccc(S(=O)(=O)NC)c1)C(=O)C(C)(C)C. The van der Waals surface area contributed by atoms with Crippen molar-refractivity contribution in [2.75, 3.05) is 19.0 Å². The second-order valence-electron chi connectivity index (χ2n) is 11.2. The molecule has 1 rings (SSSR count). The van der Waals surface area contributed by atoms with E-state index in [1.165, 1.54) is 95.9 Å². The molecule has 0 heterocycles. The maximum atomic E-state index is 13.0. The van der Waals surface area contributed by atoms with Crippen LogP contribution in [0.15, 0.2) is 29.2 Å². The first-order chi connectivity index (χ1) is 18.0. The summed E-state index contributed by atoms with van der Waals surface area (Å²) in [6.45, 7) is 7.85. The molecule has 0 saturated carbocycles. The number of carbonyl (C=O) groups excluding carboxylic acids is 2. The van der Waals surface area contributed by atoms with Crippen molar-refractivity contribution < 1.29 is 22.7 Å². The van der Waals surface area contributed by atoms with Gasteiger partial charge in [-0.15, -0.1) is 0 Å². The molecule has 7 nitrogen and oxygen atoms in total. The zero-order valence-electron chi connectivity index (χ0n) is 24.4. The number of amides is 1. The van der Waals surface area contributed by atoms with Crippen molar-refractivity contribution >= 4 is 27.4 Å². The molecule has 38 heavy (non-hydrogen) atoms. The van der Waals surface area contributed by atoms with E-state index in [0.29, 0.717) is 6.61 Å². The lowest BCUT2D eigenvalue weighted by molar-refractivity contribution is -0.146. The minimum Gasteiger partial charge on any atom is -0.361 e. The maximum Gasteiger partial charge on any atom is 0.261 e. The molecule has 1 aromatic carbocycles. The van der Waals surface area contributed by atoms with Crippen molar-refractivity contribution in [1.82, 2.24) is 4.72 Å². The molecule has 0 spiro atoms. The van der Waals surface area contributed by atoms with Crippen LogP contribution in [-0.2, 0) is 24.3 Å². The topological polar surface area (TPSA) is 102 Å². The van der Waals surface area contributed by atoms with E-state index in [4.69, 9.17) is 4.74 Å². The normalized spacial score (nSPS) is 12.9. The van der Waals surface area contributed by atoms with E-state index in [1.54, 1.807) is 26.8 Å². The van der Waals surface area contributed by atoms with Gasteiger partial charge in [-0.2, -0.15) is 0 Å². The number of carbonyl (C=O) groups is 2. The Bertz CT molecular complexity index is 925. The highest BCUT2D eigenvalue weighted by atomic mass is 32.2. The summed E-state index contributed by atoms with van der Waals surface area (Å²) in [5, 5.41) is 2.66. The molecule has 1 atom stereocenters. The molecular weight excluding hydrogens is 500 g/mol. The van der Waals surface area contributed by atoms with Gasteiger partial charge in [0.15, 0.2) is 11.9 Å². The number of sulfonamides is 1. The molecule has 0 radical (unpaired) electrons. The van der Waals surface area contributed by atoms with Gasteiger partial charge >= 0.3 is 0 Å². The fourth-order valence-corrected chi connectivity index (χ4v) is 5.00. The summed E-state index contributed by atoms with van der Waals surface area (Å²) in [6, 6.07) is 5.91. The summed E-state index contributed by atoms with van der Waals surface area (Å²) in [5.41, 5.74) is -0.465. The van der Waals surface area contributed by atoms with Gasteiger partial charge in [0, 0.05) is 17.7 Å². The summed E-state index contributed by atoms with van der Waals surface area (Å²) in [7, 11) is -2.33. The monoisotopic (exact) mass is 552 g/mol. The highest BCUT2D eigenvalue weighted by Crippen LogP contribution is 2.21. The zero-order valence-corrected chi connectivity index (χ0v) is 25.3. The fraction of sp³-hybridized carbons (Fsp3) is 0.733. The predicted molar refractivity (Wildman–Crippen MR) is 156 cm³/mol. The first-order valence-electron chi connectivity index (χ1n) is 14.5. The van der Waals surface area contributed by atoms with E-state index in [-0.39, 0.29) is 16.4 Å². The number of hydrogen-bond donors (Lipinski definition) is 2. The van der Waals surface area contributed by atoms with Gasteiger partial charge in [-0.1, -0.05) is 117 Å². The molecule has 0 aromatic heterocycles. The van der Waals surface area contributed by atoms with E-state index in [9.17, 15) is 18.0 Å². The predicted octanol–water partition coefficient (Wildman–Crippen LogP) is 7.01. The molecule has 2 N–H and O–H groups in total. The number of nitrogens with one attached hydrogen (secondary N) is 2. The minimum atomic E-state index is -3.65. The lowest BCUT2D eigenvalue weighted by atomic mass is 9.87. The van der Waals surface area contributed by atoms with E-state index in [0.717, 1.165) is 19.3 Å². The van der Waals surface area contributed by atoms with Crippen molar-refractivity contribution in [3.63, 3.8) is 0 Å². The first-order valence-corrected chi connectivity index (χ1v) is 16.0. The average Bonchev–Trinajstić information content (AvgIpc) is 2.87. The van der Waals surface area contributed by atoms with Crippen molar-refractivity contribution in [3.05, 3.63) is 24.3 Å². The van der Waals surface area contributed by atoms with Crippen LogP contribution in [-0.4, -0.2) is 39.9 Å². The number of ether oxygens (including phenoxy) is 1. The Kier molecular flexibility index (Phi) is 16.7. The van der Waals surface area contributed by atoms with Crippen LogP contribution < -0.4 is 10.0 Å². The molecule has 0 aliphatic carbocycles. The van der Waals surface area contributed by atoms with Crippen LogP contribution in [0.25, 0.3) is 0 Å². The van der Waals surface area contributed by atoms with Crippen LogP contribution in [0.1, 0.15) is 118 Å². The summed E-state index contributed by atoms with van der Waals surface area (Å²) in [4.78, 5) is 26.0. The van der Waals surface area contributed by atoms with E-state index >= 15 is 0 Å². The molecular formula is C30H52N2O5S. The first kappa shape index (κ1) is 34.3. The molecule has 0 aliphatic rings. The third kappa shape index (κ3) is 13.9. The second kappa shape index (κ2) is 18.5. The molecule has 1 amide bonds. The third-order valence-corrected chi connectivity index (χ3v) is 8.09. The zero-order chi connectivity index (χ0) is 28.4. The van der Waals surface area contributed by atoms with Crippen LogP contribution in [0.2, 0.25) is 0 Å². The molecule has 1 unspecified atom stereocenters. The second-order valence-corrected chi connectivity index (χ2v) is 13.1. The van der Waals surface area contributed by atoms with Crippen LogP contribution in [0.5, 0.6) is 0 Å². The lowest BCUT2D eigenvalue weighted by Gasteiger charge is -2.24. The quantitative estimate of drug-likeness (QED) is 0.126. The Balaban J connectivity index is 2.41. The fourth-order valence-electron chi connectivity index (χ4n) is 4.23. The summed E-state index contributed by atoms with van der Waals surface area (Å²) < 4.78 is 32.2. The average molecular weight is 553 g/mol. The Morgan fingerprint density at radius 2 is 1.34 bits per heavy atom. The van der Waals surface area contributed by atoms with Gasteiger partial charge < -0.3 is 10.1 Å². The molecule has 0 saturated heterocycles. The van der Waals surface area contributed by atoms with E-state index in [2.05, 4.69) is 17.0 Å². The summed E-state index contributed by atoms with van der Waals surface area (Å²) in [5.74, 6) is -0.895. The van der Waals surface area contributed by atoms with Crippen LogP contribution in [0.4, 0.5) is 5.69 Å². The van der Waals surface area contributed by atoms with Crippen molar-refractivity contribution in [3.8, 4) is 0 Å². The van der Waals surface area contributed by atoms with Gasteiger partial charge in [-0.05, 0) is 31.7 Å². The maximum absolute atomic E-state index is 13.0.